The quantitative estimate of drug-likeness (QED) is 0.696. The van der Waals surface area contributed by atoms with Gasteiger partial charge in [0.05, 0.1) is 0 Å². The molecule has 116 valence electrons. The van der Waals surface area contributed by atoms with Crippen molar-refractivity contribution < 1.29 is 4.74 Å². The lowest BCUT2D eigenvalue weighted by Gasteiger charge is -2.45. The van der Waals surface area contributed by atoms with E-state index in [1.807, 2.05) is 0 Å². The first kappa shape index (κ1) is 15.5. The van der Waals surface area contributed by atoms with E-state index < -0.39 is 17.6 Å². The Morgan fingerprint density at radius 2 is 1.40 bits per heavy atom. The van der Waals surface area contributed by atoms with Crippen LogP contribution in [0, 0.1) is 0 Å². The van der Waals surface area contributed by atoms with E-state index in [-0.39, 0.29) is 8.80 Å². The van der Waals surface area contributed by atoms with Gasteiger partial charge in [-0.25, -0.2) is 0 Å². The molecule has 3 saturated heterocycles. The third-order valence-corrected chi connectivity index (χ3v) is 19.4. The summed E-state index contributed by atoms with van der Waals surface area (Å²) in [5.41, 5.74) is 4.71. The van der Waals surface area contributed by atoms with Crippen molar-refractivity contribution in [3.05, 3.63) is 0 Å². The minimum Gasteiger partial charge on any atom is -0.382 e. The van der Waals surface area contributed by atoms with E-state index in [9.17, 15) is 0 Å². The Morgan fingerprint density at radius 1 is 0.750 bits per heavy atom. The molecule has 0 aromatic heterocycles. The second-order valence-corrected chi connectivity index (χ2v) is 18.4. The molecule has 20 heavy (non-hydrogen) atoms. The SMILES string of the molecule is C[Si@@H]1C(C2COCC[Si@H]2C)CCCC1C1CCC[Si@@H]1C. The zero-order chi connectivity index (χ0) is 14.1. The van der Waals surface area contributed by atoms with Crippen molar-refractivity contribution in [3.63, 3.8) is 0 Å². The molecule has 0 bridgehead atoms. The van der Waals surface area contributed by atoms with Crippen LogP contribution in [0.25, 0.3) is 0 Å². The first-order chi connectivity index (χ1) is 9.68. The maximum Gasteiger partial charge on any atom is 0.0467 e. The Balaban J connectivity index is 1.69. The van der Waals surface area contributed by atoms with E-state index in [2.05, 4.69) is 19.6 Å². The Morgan fingerprint density at radius 3 is 2.05 bits per heavy atom. The average molecular weight is 327 g/mol. The van der Waals surface area contributed by atoms with Gasteiger partial charge in [0.1, 0.15) is 0 Å². The largest absolute Gasteiger partial charge is 0.382 e. The van der Waals surface area contributed by atoms with Crippen molar-refractivity contribution in [1.29, 1.82) is 0 Å². The van der Waals surface area contributed by atoms with Crippen molar-refractivity contribution in [2.75, 3.05) is 13.2 Å². The van der Waals surface area contributed by atoms with E-state index in [4.69, 9.17) is 4.74 Å². The smallest absolute Gasteiger partial charge is 0.0467 e. The first-order valence-corrected chi connectivity index (χ1v) is 17.0. The van der Waals surface area contributed by atoms with E-state index >= 15 is 0 Å². The lowest BCUT2D eigenvalue weighted by atomic mass is 10.0. The van der Waals surface area contributed by atoms with Crippen LogP contribution in [0.3, 0.4) is 0 Å². The summed E-state index contributed by atoms with van der Waals surface area (Å²) in [6.45, 7) is 10.3. The maximum atomic E-state index is 5.90. The first-order valence-electron chi connectivity index (χ1n) is 9.26. The van der Waals surface area contributed by atoms with Gasteiger partial charge in [-0.3, -0.25) is 0 Å². The molecule has 0 saturated carbocycles. The molecular formula is C16H34OSi3. The standard InChI is InChI=1S/C16H34OSi3/c1-18-10-5-8-13(18)14-6-4-7-15(20(14)3)16-12-17-9-11-19(16)2/h13-16,18-20H,4-12H2,1-3H3/t13?,14?,15?,16?,18-,19+,20-/m0/s1. The van der Waals surface area contributed by atoms with Gasteiger partial charge in [-0.2, -0.15) is 0 Å². The minimum atomic E-state index is -0.538. The molecule has 0 N–H and O–H groups in total. The number of rotatable bonds is 2. The van der Waals surface area contributed by atoms with Crippen molar-refractivity contribution in [2.24, 2.45) is 0 Å². The molecule has 0 spiro atoms. The molecule has 3 heterocycles. The molecule has 3 aliphatic rings. The van der Waals surface area contributed by atoms with Gasteiger partial charge in [0.15, 0.2) is 0 Å². The lowest BCUT2D eigenvalue weighted by molar-refractivity contribution is 0.128. The summed E-state index contributed by atoms with van der Waals surface area (Å²) in [5, 5.41) is 0. The Kier molecular flexibility index (Phi) is 5.27. The highest BCUT2D eigenvalue weighted by Crippen LogP contribution is 2.53. The second-order valence-electron chi connectivity index (χ2n) is 8.19. The minimum absolute atomic E-state index is 0.347. The van der Waals surface area contributed by atoms with Crippen LogP contribution in [0.5, 0.6) is 0 Å². The summed E-state index contributed by atoms with van der Waals surface area (Å²) < 4.78 is 5.90. The summed E-state index contributed by atoms with van der Waals surface area (Å²) >= 11 is 0. The highest BCUT2D eigenvalue weighted by Gasteiger charge is 2.43. The van der Waals surface area contributed by atoms with Crippen LogP contribution in [0.2, 0.25) is 53.9 Å². The fraction of sp³-hybridized carbons (Fsp3) is 1.00. The Bertz CT molecular complexity index is 325. The lowest BCUT2D eigenvalue weighted by Crippen LogP contribution is -2.41. The molecule has 0 aromatic rings. The van der Waals surface area contributed by atoms with E-state index in [0.717, 1.165) is 24.3 Å². The normalized spacial score (nSPS) is 50.2. The predicted octanol–water partition coefficient (Wildman–Crippen LogP) is 4.05. The van der Waals surface area contributed by atoms with E-state index in [0.29, 0.717) is 0 Å². The molecule has 3 aliphatic heterocycles. The highest BCUT2D eigenvalue weighted by atomic mass is 28.3. The van der Waals surface area contributed by atoms with Crippen LogP contribution in [0.4, 0.5) is 0 Å². The molecule has 7 atom stereocenters. The highest BCUT2D eigenvalue weighted by molar-refractivity contribution is 6.69. The van der Waals surface area contributed by atoms with Gasteiger partial charge in [-0.05, 0) is 28.2 Å². The van der Waals surface area contributed by atoms with Crippen LogP contribution in [-0.2, 0) is 4.74 Å². The molecule has 0 amide bonds. The molecule has 4 unspecified atom stereocenters. The van der Waals surface area contributed by atoms with Gasteiger partial charge in [0.2, 0.25) is 0 Å². The number of ether oxygens (including phenoxy) is 1. The molecule has 0 aromatic carbocycles. The fourth-order valence-electron chi connectivity index (χ4n) is 5.86. The molecule has 4 heteroatoms. The topological polar surface area (TPSA) is 9.23 Å². The molecule has 1 nitrogen and oxygen atoms in total. The van der Waals surface area contributed by atoms with E-state index in [1.54, 1.807) is 38.1 Å². The summed E-state index contributed by atoms with van der Waals surface area (Å²) in [5.74, 6) is 0. The molecule has 3 fully saturated rings. The number of hydrogen-bond donors (Lipinski definition) is 0. The monoisotopic (exact) mass is 326 g/mol. The van der Waals surface area contributed by atoms with Crippen LogP contribution < -0.4 is 0 Å². The van der Waals surface area contributed by atoms with Crippen LogP contribution in [0.15, 0.2) is 0 Å². The van der Waals surface area contributed by atoms with E-state index in [1.165, 1.54) is 17.1 Å². The zero-order valence-corrected chi connectivity index (χ0v) is 17.3. The van der Waals surface area contributed by atoms with Crippen molar-refractivity contribution in [2.45, 2.75) is 86.0 Å². The van der Waals surface area contributed by atoms with Crippen molar-refractivity contribution >= 4 is 26.4 Å². The van der Waals surface area contributed by atoms with Gasteiger partial charge in [-0.15, -0.1) is 0 Å². The molecule has 0 aliphatic carbocycles. The summed E-state index contributed by atoms with van der Waals surface area (Å²) in [4.78, 5) is 0. The average Bonchev–Trinajstić information content (AvgIpc) is 2.86. The van der Waals surface area contributed by atoms with Gasteiger partial charge >= 0.3 is 0 Å². The van der Waals surface area contributed by atoms with Gasteiger partial charge in [0.25, 0.3) is 0 Å². The second kappa shape index (κ2) is 6.80. The molecule has 0 radical (unpaired) electrons. The van der Waals surface area contributed by atoms with Crippen molar-refractivity contribution in [1.82, 2.24) is 0 Å². The van der Waals surface area contributed by atoms with Gasteiger partial charge in [-0.1, -0.05) is 57.8 Å². The fourth-order valence-corrected chi connectivity index (χ4v) is 19.9. The van der Waals surface area contributed by atoms with Crippen molar-refractivity contribution in [3.8, 4) is 0 Å². The van der Waals surface area contributed by atoms with Crippen LogP contribution in [-0.4, -0.2) is 39.6 Å². The number of hydrogen-bond acceptors (Lipinski definition) is 1. The Labute approximate surface area is 130 Å². The third kappa shape index (κ3) is 3.03. The maximum absolute atomic E-state index is 5.90. The zero-order valence-electron chi connectivity index (χ0n) is 13.8. The summed E-state index contributed by atoms with van der Waals surface area (Å²) in [7, 11) is -1.36. The van der Waals surface area contributed by atoms with Crippen LogP contribution in [0.1, 0.15) is 32.1 Å². The molecular weight excluding hydrogens is 292 g/mol. The summed E-state index contributed by atoms with van der Waals surface area (Å²) in [6, 6.07) is 3.12. The third-order valence-electron chi connectivity index (χ3n) is 7.21. The Hall–Kier alpha value is 0.611. The predicted molar refractivity (Wildman–Crippen MR) is 97.6 cm³/mol. The van der Waals surface area contributed by atoms with Gasteiger partial charge in [0, 0.05) is 39.6 Å². The molecule has 3 rings (SSSR count). The van der Waals surface area contributed by atoms with Gasteiger partial charge < -0.3 is 4.74 Å². The van der Waals surface area contributed by atoms with Crippen LogP contribution >= 0.6 is 0 Å². The summed E-state index contributed by atoms with van der Waals surface area (Å²) in [6.07, 6.45) is 7.96.